The van der Waals surface area contributed by atoms with E-state index in [0.29, 0.717) is 0 Å². The second kappa shape index (κ2) is 3.48. The van der Waals surface area contributed by atoms with Crippen molar-refractivity contribution in [1.82, 2.24) is 0 Å². The van der Waals surface area contributed by atoms with Crippen LogP contribution in [0.4, 0.5) is 13.2 Å². The molecule has 16 heavy (non-hydrogen) atoms. The van der Waals surface area contributed by atoms with Crippen molar-refractivity contribution in [2.24, 2.45) is 0 Å². The van der Waals surface area contributed by atoms with Gasteiger partial charge in [0, 0.05) is 5.41 Å². The Labute approximate surface area is 108 Å². The van der Waals surface area contributed by atoms with E-state index in [9.17, 15) is 13.2 Å². The molecule has 2 rings (SSSR count). The number of hydrogen-bond acceptors (Lipinski definition) is 0. The highest BCUT2D eigenvalue weighted by Gasteiger charge is 2.62. The second-order valence-corrected chi connectivity index (χ2v) is 8.06. The van der Waals surface area contributed by atoms with Crippen molar-refractivity contribution >= 4 is 31.9 Å². The molecule has 5 heteroatoms. The summed E-state index contributed by atoms with van der Waals surface area (Å²) in [5.74, 6) is 0. The summed E-state index contributed by atoms with van der Waals surface area (Å²) in [6.07, 6.45) is -3.39. The molecule has 1 fully saturated rings. The molecule has 1 aromatic carbocycles. The summed E-state index contributed by atoms with van der Waals surface area (Å²) in [6.45, 7) is 2.01. The molecule has 0 spiro atoms. The lowest BCUT2D eigenvalue weighted by Gasteiger charge is -2.14. The van der Waals surface area contributed by atoms with Gasteiger partial charge in [-0.15, -0.1) is 0 Å². The maximum atomic E-state index is 12.4. The molecule has 0 saturated heterocycles. The third-order valence-electron chi connectivity index (χ3n) is 3.11. The average molecular weight is 358 g/mol. The number of hydrogen-bond donors (Lipinski definition) is 0. The molecular formula is C11H9Br2F3. The first kappa shape index (κ1) is 12.4. The van der Waals surface area contributed by atoms with Gasteiger partial charge in [0.25, 0.3) is 0 Å². The van der Waals surface area contributed by atoms with Gasteiger partial charge in [-0.3, -0.25) is 0 Å². The SMILES string of the molecule is CC1(c2ccc(C(F)(F)F)cc2)CC1(Br)Br. The summed E-state index contributed by atoms with van der Waals surface area (Å²) in [7, 11) is 0. The van der Waals surface area contributed by atoms with Crippen LogP contribution in [0.3, 0.4) is 0 Å². The molecule has 0 amide bonds. The van der Waals surface area contributed by atoms with Gasteiger partial charge in [-0.2, -0.15) is 13.2 Å². The van der Waals surface area contributed by atoms with Crippen molar-refractivity contribution in [1.29, 1.82) is 0 Å². The first-order valence-electron chi connectivity index (χ1n) is 4.72. The molecule has 0 radical (unpaired) electrons. The van der Waals surface area contributed by atoms with Crippen molar-refractivity contribution < 1.29 is 13.2 Å². The van der Waals surface area contributed by atoms with E-state index in [1.54, 1.807) is 12.1 Å². The van der Waals surface area contributed by atoms with E-state index in [0.717, 1.165) is 24.1 Å². The molecule has 0 heterocycles. The van der Waals surface area contributed by atoms with E-state index in [4.69, 9.17) is 0 Å². The van der Waals surface area contributed by atoms with Gasteiger partial charge in [-0.25, -0.2) is 0 Å². The van der Waals surface area contributed by atoms with Crippen LogP contribution in [0.5, 0.6) is 0 Å². The Hall–Kier alpha value is -0.0300. The lowest BCUT2D eigenvalue weighted by Crippen LogP contribution is -2.10. The standard InChI is InChI=1S/C11H9Br2F3/c1-9(6-10(9,12)13)7-2-4-8(5-3-7)11(14,15)16/h2-5H,6H2,1H3. The number of rotatable bonds is 1. The molecule has 1 aromatic rings. The Morgan fingerprint density at radius 3 is 1.88 bits per heavy atom. The molecule has 1 aliphatic carbocycles. The molecule has 88 valence electrons. The quantitative estimate of drug-likeness (QED) is 0.630. The van der Waals surface area contributed by atoms with Crippen molar-refractivity contribution in [2.45, 2.75) is 28.2 Å². The summed E-state index contributed by atoms with van der Waals surface area (Å²) >= 11 is 7.00. The van der Waals surface area contributed by atoms with E-state index in [-0.39, 0.29) is 8.65 Å². The molecule has 0 nitrogen and oxygen atoms in total. The van der Waals surface area contributed by atoms with Crippen LogP contribution in [-0.2, 0) is 11.6 Å². The van der Waals surface area contributed by atoms with Crippen LogP contribution in [0.2, 0.25) is 0 Å². The molecule has 0 aromatic heterocycles. The number of benzene rings is 1. The van der Waals surface area contributed by atoms with E-state index < -0.39 is 11.7 Å². The molecule has 0 aliphatic heterocycles. The Balaban J connectivity index is 2.28. The van der Waals surface area contributed by atoms with Crippen molar-refractivity contribution in [3.05, 3.63) is 35.4 Å². The second-order valence-electron chi connectivity index (χ2n) is 4.29. The largest absolute Gasteiger partial charge is 0.416 e. The molecule has 1 aliphatic rings. The Morgan fingerprint density at radius 2 is 1.56 bits per heavy atom. The predicted octanol–water partition coefficient (Wildman–Crippen LogP) is 4.85. The smallest absolute Gasteiger partial charge is 0.166 e. The highest BCUT2D eigenvalue weighted by atomic mass is 79.9. The summed E-state index contributed by atoms with van der Waals surface area (Å²) in [6, 6.07) is 5.37. The van der Waals surface area contributed by atoms with Crippen LogP contribution in [0.1, 0.15) is 24.5 Å². The Kier molecular flexibility index (Phi) is 2.70. The third-order valence-corrected chi connectivity index (χ3v) is 5.42. The van der Waals surface area contributed by atoms with Crippen LogP contribution in [0.15, 0.2) is 24.3 Å². The van der Waals surface area contributed by atoms with Gasteiger partial charge in [-0.05, 0) is 24.1 Å². The summed E-state index contributed by atoms with van der Waals surface area (Å²) in [5.41, 5.74) is 0.182. The molecule has 1 unspecified atom stereocenters. The van der Waals surface area contributed by atoms with Gasteiger partial charge >= 0.3 is 6.18 Å². The average Bonchev–Trinajstić information content (AvgIpc) is 2.66. The number of alkyl halides is 5. The first-order valence-corrected chi connectivity index (χ1v) is 6.31. The number of halogens is 5. The van der Waals surface area contributed by atoms with Crippen LogP contribution in [-0.4, -0.2) is 3.23 Å². The highest BCUT2D eigenvalue weighted by Crippen LogP contribution is 2.66. The maximum Gasteiger partial charge on any atom is 0.416 e. The van der Waals surface area contributed by atoms with E-state index in [2.05, 4.69) is 31.9 Å². The lowest BCUT2D eigenvalue weighted by atomic mass is 9.97. The van der Waals surface area contributed by atoms with Crippen LogP contribution < -0.4 is 0 Å². The minimum absolute atomic E-state index is 0.128. The van der Waals surface area contributed by atoms with Gasteiger partial charge < -0.3 is 0 Å². The van der Waals surface area contributed by atoms with Gasteiger partial charge in [0.2, 0.25) is 0 Å². The minimum atomic E-state index is -4.26. The van der Waals surface area contributed by atoms with Gasteiger partial charge in [-0.1, -0.05) is 50.9 Å². The zero-order valence-electron chi connectivity index (χ0n) is 8.41. The fraction of sp³-hybridized carbons (Fsp3) is 0.455. The van der Waals surface area contributed by atoms with E-state index in [1.165, 1.54) is 0 Å². The fourth-order valence-corrected chi connectivity index (χ4v) is 3.32. The van der Waals surface area contributed by atoms with Gasteiger partial charge in [0.15, 0.2) is 0 Å². The summed E-state index contributed by atoms with van der Waals surface area (Å²) < 4.78 is 36.9. The maximum absolute atomic E-state index is 12.4. The van der Waals surface area contributed by atoms with Crippen LogP contribution in [0.25, 0.3) is 0 Å². The van der Waals surface area contributed by atoms with Gasteiger partial charge in [0.1, 0.15) is 0 Å². The molecule has 0 bridgehead atoms. The lowest BCUT2D eigenvalue weighted by molar-refractivity contribution is -0.137. The summed E-state index contributed by atoms with van der Waals surface area (Å²) in [4.78, 5) is 0. The normalized spacial score (nSPS) is 27.9. The highest BCUT2D eigenvalue weighted by molar-refractivity contribution is 9.25. The van der Waals surface area contributed by atoms with E-state index in [1.807, 2.05) is 6.92 Å². The molecule has 1 atom stereocenters. The van der Waals surface area contributed by atoms with Crippen LogP contribution >= 0.6 is 31.9 Å². The first-order chi connectivity index (χ1) is 7.17. The van der Waals surface area contributed by atoms with Crippen LogP contribution in [0, 0.1) is 0 Å². The zero-order valence-corrected chi connectivity index (χ0v) is 11.6. The van der Waals surface area contributed by atoms with Crippen molar-refractivity contribution in [3.8, 4) is 0 Å². The van der Waals surface area contributed by atoms with Crippen molar-refractivity contribution in [3.63, 3.8) is 0 Å². The molecule has 0 N–H and O–H groups in total. The van der Waals surface area contributed by atoms with Gasteiger partial charge in [0.05, 0.1) is 8.80 Å². The Morgan fingerprint density at radius 1 is 1.12 bits per heavy atom. The predicted molar refractivity (Wildman–Crippen MR) is 64.0 cm³/mol. The zero-order chi connectivity index (χ0) is 12.2. The molecule has 1 saturated carbocycles. The molecular weight excluding hydrogens is 349 g/mol. The minimum Gasteiger partial charge on any atom is -0.166 e. The third kappa shape index (κ3) is 1.92. The summed E-state index contributed by atoms with van der Waals surface area (Å²) in [5, 5.41) is 0. The monoisotopic (exact) mass is 356 g/mol. The Bertz CT molecular complexity index is 408. The van der Waals surface area contributed by atoms with E-state index >= 15 is 0 Å². The topological polar surface area (TPSA) is 0 Å². The fourth-order valence-electron chi connectivity index (χ4n) is 1.74. The van der Waals surface area contributed by atoms with Crippen molar-refractivity contribution in [2.75, 3.05) is 0 Å².